The van der Waals surface area contributed by atoms with Crippen LogP contribution in [0.2, 0.25) is 0 Å². The monoisotopic (exact) mass is 275 g/mol. The molecule has 0 N–H and O–H groups in total. The number of halogens is 1. The van der Waals surface area contributed by atoms with Gasteiger partial charge in [0.05, 0.1) is 18.2 Å². The maximum atomic E-state index is 13.3. The molecule has 0 spiro atoms. The summed E-state index contributed by atoms with van der Waals surface area (Å²) in [6.45, 7) is 2.45. The Morgan fingerprint density at radius 1 is 1.40 bits per heavy atom. The van der Waals surface area contributed by atoms with Gasteiger partial charge in [0, 0.05) is 19.6 Å². The zero-order chi connectivity index (χ0) is 14.5. The number of nitrogens with zero attached hydrogens (tertiary/aromatic N) is 3. The second-order valence-corrected chi connectivity index (χ2v) is 5.22. The molecule has 1 heterocycles. The molecule has 1 aliphatic rings. The van der Waals surface area contributed by atoms with Gasteiger partial charge in [0.25, 0.3) is 0 Å². The van der Waals surface area contributed by atoms with Crippen LogP contribution in [0.4, 0.5) is 4.39 Å². The first-order valence-corrected chi connectivity index (χ1v) is 6.74. The number of rotatable bonds is 4. The molecule has 2 rings (SSSR count). The maximum Gasteiger partial charge on any atom is 0.236 e. The van der Waals surface area contributed by atoms with Gasteiger partial charge in [0.1, 0.15) is 5.82 Å². The summed E-state index contributed by atoms with van der Waals surface area (Å²) in [4.78, 5) is 15.7. The Bertz CT molecular complexity index is 532. The minimum atomic E-state index is -0.418. The highest BCUT2D eigenvalue weighted by molar-refractivity contribution is 5.78. The number of amides is 1. The molecule has 0 saturated carbocycles. The summed E-state index contributed by atoms with van der Waals surface area (Å²) in [5, 5.41) is 8.82. The van der Waals surface area contributed by atoms with Gasteiger partial charge in [0.15, 0.2) is 0 Å². The Hall–Kier alpha value is -1.93. The van der Waals surface area contributed by atoms with Crippen molar-refractivity contribution >= 4 is 5.91 Å². The van der Waals surface area contributed by atoms with Crippen molar-refractivity contribution in [2.45, 2.75) is 19.4 Å². The Morgan fingerprint density at radius 3 is 2.75 bits per heavy atom. The lowest BCUT2D eigenvalue weighted by Crippen LogP contribution is -2.36. The zero-order valence-corrected chi connectivity index (χ0v) is 11.6. The number of benzene rings is 1. The van der Waals surface area contributed by atoms with E-state index in [1.807, 2.05) is 22.9 Å². The highest BCUT2D eigenvalue weighted by Gasteiger charge is 2.19. The third-order valence-electron chi connectivity index (χ3n) is 3.40. The van der Waals surface area contributed by atoms with Crippen molar-refractivity contribution in [3.05, 3.63) is 35.1 Å². The predicted octanol–water partition coefficient (Wildman–Crippen LogP) is 1.75. The normalized spacial score (nSPS) is 14.6. The van der Waals surface area contributed by atoms with E-state index >= 15 is 0 Å². The number of hydrogen-bond acceptors (Lipinski definition) is 3. The maximum absolute atomic E-state index is 13.3. The molecule has 1 aliphatic heterocycles. The second kappa shape index (κ2) is 6.49. The molecule has 0 radical (unpaired) electrons. The van der Waals surface area contributed by atoms with E-state index in [9.17, 15) is 9.18 Å². The van der Waals surface area contributed by atoms with Gasteiger partial charge >= 0.3 is 0 Å². The van der Waals surface area contributed by atoms with Crippen molar-refractivity contribution in [1.82, 2.24) is 9.80 Å². The lowest BCUT2D eigenvalue weighted by Gasteiger charge is -2.21. The van der Waals surface area contributed by atoms with E-state index in [1.54, 1.807) is 6.07 Å². The van der Waals surface area contributed by atoms with E-state index < -0.39 is 5.82 Å². The van der Waals surface area contributed by atoms with Gasteiger partial charge in [-0.15, -0.1) is 0 Å². The summed E-state index contributed by atoms with van der Waals surface area (Å²) >= 11 is 0. The largest absolute Gasteiger partial charge is 0.342 e. The van der Waals surface area contributed by atoms with Gasteiger partial charge in [-0.25, -0.2) is 4.39 Å². The van der Waals surface area contributed by atoms with E-state index in [0.29, 0.717) is 24.2 Å². The lowest BCUT2D eigenvalue weighted by atomic mass is 10.1. The van der Waals surface area contributed by atoms with Crippen molar-refractivity contribution in [3.8, 4) is 6.07 Å². The SMILES string of the molecule is CN(CC(=O)N1CCCC1)Cc1cc(F)cc(C#N)c1. The lowest BCUT2D eigenvalue weighted by molar-refractivity contribution is -0.131. The first kappa shape index (κ1) is 14.5. The van der Waals surface area contributed by atoms with Crippen LogP contribution in [-0.4, -0.2) is 42.4 Å². The molecule has 0 atom stereocenters. The predicted molar refractivity (Wildman–Crippen MR) is 73.3 cm³/mol. The number of likely N-dealkylation sites (N-methyl/N-ethyl adjacent to an activating group) is 1. The second-order valence-electron chi connectivity index (χ2n) is 5.22. The third kappa shape index (κ3) is 3.78. The topological polar surface area (TPSA) is 47.3 Å². The van der Waals surface area contributed by atoms with Crippen molar-refractivity contribution in [1.29, 1.82) is 5.26 Å². The minimum Gasteiger partial charge on any atom is -0.342 e. The number of nitriles is 1. The van der Waals surface area contributed by atoms with Gasteiger partial charge in [-0.1, -0.05) is 0 Å². The molecule has 1 aromatic rings. The van der Waals surface area contributed by atoms with Crippen LogP contribution in [0.25, 0.3) is 0 Å². The van der Waals surface area contributed by atoms with Crippen LogP contribution in [0.5, 0.6) is 0 Å². The van der Waals surface area contributed by atoms with Gasteiger partial charge in [-0.3, -0.25) is 9.69 Å². The molecule has 1 fully saturated rings. The average molecular weight is 275 g/mol. The molecule has 106 valence electrons. The van der Waals surface area contributed by atoms with Crippen LogP contribution in [0, 0.1) is 17.1 Å². The summed E-state index contributed by atoms with van der Waals surface area (Å²) < 4.78 is 13.3. The fraction of sp³-hybridized carbons (Fsp3) is 0.467. The molecule has 1 saturated heterocycles. The Labute approximate surface area is 118 Å². The highest BCUT2D eigenvalue weighted by atomic mass is 19.1. The van der Waals surface area contributed by atoms with Crippen LogP contribution in [0.1, 0.15) is 24.0 Å². The highest BCUT2D eigenvalue weighted by Crippen LogP contribution is 2.12. The summed E-state index contributed by atoms with van der Waals surface area (Å²) in [5.74, 6) is -0.305. The number of carbonyl (C=O) groups excluding carboxylic acids is 1. The number of carbonyl (C=O) groups is 1. The molecule has 0 bridgehead atoms. The summed E-state index contributed by atoms with van der Waals surface area (Å²) in [7, 11) is 1.82. The molecular weight excluding hydrogens is 257 g/mol. The third-order valence-corrected chi connectivity index (χ3v) is 3.40. The fourth-order valence-corrected chi connectivity index (χ4v) is 2.47. The van der Waals surface area contributed by atoms with Gasteiger partial charge < -0.3 is 4.90 Å². The molecule has 1 amide bonds. The van der Waals surface area contributed by atoms with E-state index in [2.05, 4.69) is 0 Å². The van der Waals surface area contributed by atoms with E-state index in [0.717, 1.165) is 25.9 Å². The first-order valence-electron chi connectivity index (χ1n) is 6.74. The molecule has 0 aromatic heterocycles. The molecule has 4 nitrogen and oxygen atoms in total. The minimum absolute atomic E-state index is 0.113. The van der Waals surface area contributed by atoms with Crippen molar-refractivity contribution in [2.24, 2.45) is 0 Å². The van der Waals surface area contributed by atoms with E-state index in [4.69, 9.17) is 5.26 Å². The van der Waals surface area contributed by atoms with E-state index in [-0.39, 0.29) is 5.91 Å². The van der Waals surface area contributed by atoms with E-state index in [1.165, 1.54) is 12.1 Å². The number of likely N-dealkylation sites (tertiary alicyclic amines) is 1. The standard InChI is InChI=1S/C15H18FN3O/c1-18(11-15(20)19-4-2-3-5-19)10-13-6-12(9-17)7-14(16)8-13/h6-8H,2-5,10-11H2,1H3. The Morgan fingerprint density at radius 2 is 2.10 bits per heavy atom. The van der Waals surface area contributed by atoms with Crippen molar-refractivity contribution < 1.29 is 9.18 Å². The average Bonchev–Trinajstić information content (AvgIpc) is 2.91. The fourth-order valence-electron chi connectivity index (χ4n) is 2.47. The van der Waals surface area contributed by atoms with Crippen molar-refractivity contribution in [3.63, 3.8) is 0 Å². The van der Waals surface area contributed by atoms with Crippen LogP contribution < -0.4 is 0 Å². The smallest absolute Gasteiger partial charge is 0.236 e. The summed E-state index contributed by atoms with van der Waals surface area (Å²) in [6.07, 6.45) is 2.15. The molecule has 5 heteroatoms. The van der Waals surface area contributed by atoms with Gasteiger partial charge in [-0.2, -0.15) is 5.26 Å². The quantitative estimate of drug-likeness (QED) is 0.841. The Kier molecular flexibility index (Phi) is 4.70. The van der Waals surface area contributed by atoms with Crippen LogP contribution in [-0.2, 0) is 11.3 Å². The van der Waals surface area contributed by atoms with Crippen LogP contribution in [0.15, 0.2) is 18.2 Å². The van der Waals surface area contributed by atoms with Crippen molar-refractivity contribution in [2.75, 3.05) is 26.7 Å². The van der Waals surface area contributed by atoms with Crippen LogP contribution >= 0.6 is 0 Å². The molecule has 20 heavy (non-hydrogen) atoms. The molecule has 1 aromatic carbocycles. The summed E-state index contributed by atoms with van der Waals surface area (Å²) in [6, 6.07) is 6.19. The van der Waals surface area contributed by atoms with Gasteiger partial charge in [0.2, 0.25) is 5.91 Å². The van der Waals surface area contributed by atoms with Crippen LogP contribution in [0.3, 0.4) is 0 Å². The molecular formula is C15H18FN3O. The molecule has 0 aliphatic carbocycles. The first-order chi connectivity index (χ1) is 9.58. The Balaban J connectivity index is 1.94. The zero-order valence-electron chi connectivity index (χ0n) is 11.6. The molecule has 0 unspecified atom stereocenters. The van der Waals surface area contributed by atoms with Gasteiger partial charge in [-0.05, 0) is 43.7 Å². The summed E-state index contributed by atoms with van der Waals surface area (Å²) in [5.41, 5.74) is 1.01. The number of hydrogen-bond donors (Lipinski definition) is 0.